The number of carbonyl (C=O) groups excluding carboxylic acids is 1. The van der Waals surface area contributed by atoms with Gasteiger partial charge in [0.15, 0.2) is 0 Å². The third-order valence-electron chi connectivity index (χ3n) is 4.64. The number of esters is 1. The average molecular weight is 417 g/mol. The molecule has 0 saturated heterocycles. The Hall–Kier alpha value is -3.53. The van der Waals surface area contributed by atoms with E-state index in [4.69, 9.17) is 14.2 Å². The summed E-state index contributed by atoms with van der Waals surface area (Å²) in [7, 11) is 0. The maximum Gasteiger partial charge on any atom is 0.373 e. The molecular formula is C27H28O4. The third kappa shape index (κ3) is 6.75. The van der Waals surface area contributed by atoms with E-state index in [0.717, 1.165) is 28.9 Å². The lowest BCUT2D eigenvalue weighted by molar-refractivity contribution is -0.142. The van der Waals surface area contributed by atoms with Crippen molar-refractivity contribution in [3.05, 3.63) is 107 Å². The van der Waals surface area contributed by atoms with Gasteiger partial charge in [-0.05, 0) is 48.2 Å². The second kappa shape index (κ2) is 11.6. The van der Waals surface area contributed by atoms with Crippen LogP contribution in [0.15, 0.2) is 84.6 Å². The lowest BCUT2D eigenvalue weighted by Crippen LogP contribution is -2.10. The van der Waals surface area contributed by atoms with E-state index in [-0.39, 0.29) is 5.76 Å². The van der Waals surface area contributed by atoms with Crippen molar-refractivity contribution < 1.29 is 19.0 Å². The van der Waals surface area contributed by atoms with Crippen LogP contribution in [-0.4, -0.2) is 19.2 Å². The molecule has 0 aromatic heterocycles. The minimum atomic E-state index is -0.468. The Morgan fingerprint density at radius 3 is 2.10 bits per heavy atom. The maximum atomic E-state index is 12.2. The molecule has 4 heteroatoms. The summed E-state index contributed by atoms with van der Waals surface area (Å²) in [4.78, 5) is 12.2. The van der Waals surface area contributed by atoms with Crippen LogP contribution in [0.4, 0.5) is 0 Å². The molecule has 0 aliphatic heterocycles. The second-order valence-electron chi connectivity index (χ2n) is 6.97. The van der Waals surface area contributed by atoms with Gasteiger partial charge < -0.3 is 14.2 Å². The molecule has 0 N–H and O–H groups in total. The molecule has 0 unspecified atom stereocenters. The summed E-state index contributed by atoms with van der Waals surface area (Å²) in [5.74, 6) is 0.500. The van der Waals surface area contributed by atoms with Crippen molar-refractivity contribution in [2.75, 3.05) is 13.2 Å². The first kappa shape index (κ1) is 22.2. The van der Waals surface area contributed by atoms with Gasteiger partial charge >= 0.3 is 5.97 Å². The highest BCUT2D eigenvalue weighted by atomic mass is 16.6. The van der Waals surface area contributed by atoms with Gasteiger partial charge in [0, 0.05) is 6.42 Å². The first-order chi connectivity index (χ1) is 15.2. The van der Waals surface area contributed by atoms with Crippen molar-refractivity contribution in [2.24, 2.45) is 0 Å². The van der Waals surface area contributed by atoms with Crippen LogP contribution in [0.1, 0.15) is 36.1 Å². The van der Waals surface area contributed by atoms with E-state index in [1.54, 1.807) is 13.0 Å². The average Bonchev–Trinajstić information content (AvgIpc) is 2.80. The third-order valence-corrected chi connectivity index (χ3v) is 4.64. The maximum absolute atomic E-state index is 12.2. The van der Waals surface area contributed by atoms with Gasteiger partial charge in [0.05, 0.1) is 13.2 Å². The Bertz CT molecular complexity index is 994. The highest BCUT2D eigenvalue weighted by Crippen LogP contribution is 2.26. The molecule has 3 rings (SSSR count). The summed E-state index contributed by atoms with van der Waals surface area (Å²) in [6.07, 6.45) is 2.45. The van der Waals surface area contributed by atoms with Gasteiger partial charge in [-0.3, -0.25) is 0 Å². The van der Waals surface area contributed by atoms with Gasteiger partial charge in [0.1, 0.15) is 12.4 Å². The highest BCUT2D eigenvalue weighted by molar-refractivity contribution is 5.91. The van der Waals surface area contributed by atoms with Gasteiger partial charge in [0.2, 0.25) is 5.76 Å². The van der Waals surface area contributed by atoms with E-state index in [1.165, 1.54) is 5.56 Å². The summed E-state index contributed by atoms with van der Waals surface area (Å²) in [6.45, 7) is 4.75. The molecule has 160 valence electrons. The van der Waals surface area contributed by atoms with Crippen molar-refractivity contribution in [1.82, 2.24) is 0 Å². The molecule has 3 aromatic carbocycles. The molecule has 31 heavy (non-hydrogen) atoms. The molecule has 0 spiro atoms. The molecule has 0 saturated carbocycles. The molecule has 0 fully saturated rings. The molecule has 0 aliphatic carbocycles. The minimum Gasteiger partial charge on any atom is -0.489 e. The van der Waals surface area contributed by atoms with E-state index in [1.807, 2.05) is 73.7 Å². The number of hydrogen-bond acceptors (Lipinski definition) is 4. The molecule has 0 amide bonds. The lowest BCUT2D eigenvalue weighted by atomic mass is 10.0. The molecule has 0 bridgehead atoms. The molecule has 0 heterocycles. The largest absolute Gasteiger partial charge is 0.489 e. The molecule has 0 aliphatic rings. The van der Waals surface area contributed by atoms with Crippen molar-refractivity contribution >= 4 is 12.0 Å². The quantitative estimate of drug-likeness (QED) is 0.238. The summed E-state index contributed by atoms with van der Waals surface area (Å²) in [5, 5.41) is 0. The first-order valence-corrected chi connectivity index (χ1v) is 10.5. The number of hydrogen-bond donors (Lipinski definition) is 0. The van der Waals surface area contributed by atoms with Crippen LogP contribution in [0.3, 0.4) is 0 Å². The molecule has 0 atom stereocenters. The van der Waals surface area contributed by atoms with E-state index >= 15 is 0 Å². The van der Waals surface area contributed by atoms with Crippen LogP contribution in [-0.2, 0) is 27.3 Å². The normalized spacial score (nSPS) is 11.1. The fraction of sp³-hybridized carbons (Fsp3) is 0.222. The SMILES string of the molecule is CCOC(=O)C(=Cc1ccc(Cc2ccccc2)c(OCc2ccccc2)c1)OCC. The van der Waals surface area contributed by atoms with E-state index in [0.29, 0.717) is 19.8 Å². The standard InChI is InChI=1S/C27H28O4/c1-3-29-26(27(28)30-4-2)19-23-15-16-24(17-21-11-7-5-8-12-21)25(18-23)31-20-22-13-9-6-10-14-22/h5-16,18-19H,3-4,17,20H2,1-2H3. The zero-order chi connectivity index (χ0) is 21.9. The van der Waals surface area contributed by atoms with E-state index in [2.05, 4.69) is 12.1 Å². The van der Waals surface area contributed by atoms with Crippen molar-refractivity contribution in [3.8, 4) is 5.75 Å². The summed E-state index contributed by atoms with van der Waals surface area (Å²) in [5.41, 5.74) is 4.19. The van der Waals surface area contributed by atoms with Gasteiger partial charge in [-0.25, -0.2) is 4.79 Å². The minimum absolute atomic E-state index is 0.189. The van der Waals surface area contributed by atoms with Gasteiger partial charge in [-0.2, -0.15) is 0 Å². The first-order valence-electron chi connectivity index (χ1n) is 10.5. The fourth-order valence-corrected chi connectivity index (χ4v) is 3.16. The van der Waals surface area contributed by atoms with Crippen LogP contribution in [0.5, 0.6) is 5.75 Å². The van der Waals surface area contributed by atoms with E-state index < -0.39 is 5.97 Å². The Kier molecular flexibility index (Phi) is 8.29. The van der Waals surface area contributed by atoms with Crippen LogP contribution in [0, 0.1) is 0 Å². The molecule has 4 nitrogen and oxygen atoms in total. The van der Waals surface area contributed by atoms with Crippen molar-refractivity contribution in [3.63, 3.8) is 0 Å². The molecular weight excluding hydrogens is 388 g/mol. The van der Waals surface area contributed by atoms with Crippen molar-refractivity contribution in [2.45, 2.75) is 26.9 Å². The Morgan fingerprint density at radius 1 is 0.806 bits per heavy atom. The summed E-state index contributed by atoms with van der Waals surface area (Å²) < 4.78 is 16.8. The summed E-state index contributed by atoms with van der Waals surface area (Å²) >= 11 is 0. The zero-order valence-electron chi connectivity index (χ0n) is 18.0. The smallest absolute Gasteiger partial charge is 0.373 e. The predicted octanol–water partition coefficient (Wildman–Crippen LogP) is 5.80. The topological polar surface area (TPSA) is 44.8 Å². The van der Waals surface area contributed by atoms with Crippen LogP contribution < -0.4 is 4.74 Å². The number of carbonyl (C=O) groups is 1. The number of benzene rings is 3. The molecule has 0 radical (unpaired) electrons. The van der Waals surface area contributed by atoms with Crippen molar-refractivity contribution in [1.29, 1.82) is 0 Å². The van der Waals surface area contributed by atoms with Gasteiger partial charge in [-0.1, -0.05) is 72.8 Å². The number of ether oxygens (including phenoxy) is 3. The van der Waals surface area contributed by atoms with Crippen LogP contribution >= 0.6 is 0 Å². The predicted molar refractivity (Wildman–Crippen MR) is 123 cm³/mol. The van der Waals surface area contributed by atoms with Crippen LogP contribution in [0.25, 0.3) is 6.08 Å². The highest BCUT2D eigenvalue weighted by Gasteiger charge is 2.13. The lowest BCUT2D eigenvalue weighted by Gasteiger charge is -2.14. The number of rotatable bonds is 10. The van der Waals surface area contributed by atoms with Gasteiger partial charge in [0.25, 0.3) is 0 Å². The van der Waals surface area contributed by atoms with Gasteiger partial charge in [-0.15, -0.1) is 0 Å². The van der Waals surface area contributed by atoms with E-state index in [9.17, 15) is 4.79 Å². The Balaban J connectivity index is 1.90. The second-order valence-corrected chi connectivity index (χ2v) is 6.97. The monoisotopic (exact) mass is 416 g/mol. The zero-order valence-corrected chi connectivity index (χ0v) is 18.0. The Morgan fingerprint density at radius 2 is 1.45 bits per heavy atom. The Labute approximate surface area is 184 Å². The summed E-state index contributed by atoms with van der Waals surface area (Å²) in [6, 6.07) is 26.3. The van der Waals surface area contributed by atoms with Crippen LogP contribution in [0.2, 0.25) is 0 Å². The molecule has 3 aromatic rings. The fourth-order valence-electron chi connectivity index (χ4n) is 3.16.